The fourth-order valence-electron chi connectivity index (χ4n) is 4.16. The summed E-state index contributed by atoms with van der Waals surface area (Å²) in [5, 5.41) is 9.81. The van der Waals surface area contributed by atoms with Crippen molar-refractivity contribution in [1.29, 1.82) is 0 Å². The number of esters is 1. The molecule has 0 amide bonds. The maximum atomic E-state index is 11.4. The highest BCUT2D eigenvalue weighted by molar-refractivity contribution is 5.82. The van der Waals surface area contributed by atoms with Gasteiger partial charge in [0.05, 0.1) is 38.4 Å². The largest absolute Gasteiger partial charge is 0.508 e. The first-order chi connectivity index (χ1) is 13.1. The molecule has 2 saturated heterocycles. The lowest BCUT2D eigenvalue weighted by molar-refractivity contribution is -0.319. The minimum Gasteiger partial charge on any atom is -0.508 e. The average molecular weight is 380 g/mol. The molecule has 2 aliphatic heterocycles. The third kappa shape index (κ3) is 4.60. The van der Waals surface area contributed by atoms with Crippen molar-refractivity contribution in [1.82, 2.24) is 0 Å². The summed E-state index contributed by atoms with van der Waals surface area (Å²) in [6.45, 7) is 5.90. The predicted molar refractivity (Wildman–Crippen MR) is 96.9 cm³/mol. The van der Waals surface area contributed by atoms with E-state index in [2.05, 4.69) is 6.58 Å². The molecule has 0 aromatic rings. The SMILES string of the molecule is C=CCOC(=O)/C=C(O)/C=C/CCC1C2(CCCC13OCCO3)OCCO2. The molecule has 7 nitrogen and oxygen atoms in total. The summed E-state index contributed by atoms with van der Waals surface area (Å²) in [4.78, 5) is 11.4. The molecule has 1 saturated carbocycles. The van der Waals surface area contributed by atoms with Gasteiger partial charge in [0.1, 0.15) is 12.4 Å². The van der Waals surface area contributed by atoms with Gasteiger partial charge in [-0.25, -0.2) is 4.79 Å². The van der Waals surface area contributed by atoms with Crippen molar-refractivity contribution in [2.75, 3.05) is 33.0 Å². The molecule has 0 bridgehead atoms. The number of rotatable bonds is 7. The standard InChI is InChI=1S/C20H28O7/c1-2-10-23-18(22)15-16(21)6-3-4-7-17-19(24-11-12-25-19)8-5-9-20(17)26-13-14-27-20/h2-3,6,15,17,21H,1,4-5,7-14H2/b6-3+,16-15-. The molecule has 0 aromatic carbocycles. The summed E-state index contributed by atoms with van der Waals surface area (Å²) in [5.74, 6) is -2.11. The third-order valence-corrected chi connectivity index (χ3v) is 5.18. The number of carbonyl (C=O) groups is 1. The lowest BCUT2D eigenvalue weighted by Crippen LogP contribution is -2.56. The van der Waals surface area contributed by atoms with E-state index >= 15 is 0 Å². The fourth-order valence-corrected chi connectivity index (χ4v) is 4.16. The maximum absolute atomic E-state index is 11.4. The number of aliphatic hydroxyl groups is 1. The first kappa shape index (κ1) is 20.1. The highest BCUT2D eigenvalue weighted by atomic mass is 16.8. The van der Waals surface area contributed by atoms with Crippen LogP contribution in [0.4, 0.5) is 0 Å². The molecular weight excluding hydrogens is 352 g/mol. The van der Waals surface area contributed by atoms with E-state index in [1.807, 2.05) is 6.08 Å². The quantitative estimate of drug-likeness (QED) is 0.239. The van der Waals surface area contributed by atoms with Crippen molar-refractivity contribution in [3.63, 3.8) is 0 Å². The summed E-state index contributed by atoms with van der Waals surface area (Å²) in [5.41, 5.74) is 0. The highest BCUT2D eigenvalue weighted by Crippen LogP contribution is 2.51. The third-order valence-electron chi connectivity index (χ3n) is 5.18. The Balaban J connectivity index is 1.60. The van der Waals surface area contributed by atoms with Gasteiger partial charge in [-0.3, -0.25) is 0 Å². The van der Waals surface area contributed by atoms with Crippen LogP contribution in [0.1, 0.15) is 32.1 Å². The number of ether oxygens (including phenoxy) is 5. The summed E-state index contributed by atoms with van der Waals surface area (Å²) < 4.78 is 28.8. The van der Waals surface area contributed by atoms with E-state index in [9.17, 15) is 9.90 Å². The van der Waals surface area contributed by atoms with Gasteiger partial charge in [-0.05, 0) is 25.3 Å². The van der Waals surface area contributed by atoms with Crippen LogP contribution in [0.15, 0.2) is 36.6 Å². The van der Waals surface area contributed by atoms with Crippen LogP contribution < -0.4 is 0 Å². The number of carbonyl (C=O) groups excluding carboxylic acids is 1. The van der Waals surface area contributed by atoms with Crippen molar-refractivity contribution < 1.29 is 33.6 Å². The Hall–Kier alpha value is -1.67. The maximum Gasteiger partial charge on any atom is 0.334 e. The number of hydrogen-bond donors (Lipinski definition) is 1. The molecule has 0 radical (unpaired) electrons. The van der Waals surface area contributed by atoms with E-state index < -0.39 is 17.5 Å². The van der Waals surface area contributed by atoms with Crippen LogP contribution in [0.3, 0.4) is 0 Å². The molecule has 3 aliphatic rings. The lowest BCUT2D eigenvalue weighted by Gasteiger charge is -2.48. The van der Waals surface area contributed by atoms with Crippen LogP contribution in [-0.4, -0.2) is 55.7 Å². The summed E-state index contributed by atoms with van der Waals surface area (Å²) in [7, 11) is 0. The lowest BCUT2D eigenvalue weighted by atomic mass is 9.75. The summed E-state index contributed by atoms with van der Waals surface area (Å²) in [6.07, 6.45) is 9.79. The van der Waals surface area contributed by atoms with E-state index in [-0.39, 0.29) is 18.3 Å². The second-order valence-corrected chi connectivity index (χ2v) is 6.89. The number of aliphatic hydroxyl groups excluding tert-OH is 1. The minimum atomic E-state index is -0.650. The molecule has 2 heterocycles. The van der Waals surface area contributed by atoms with Gasteiger partial charge < -0.3 is 28.8 Å². The van der Waals surface area contributed by atoms with Gasteiger partial charge in [0.25, 0.3) is 0 Å². The van der Waals surface area contributed by atoms with Crippen LogP contribution >= 0.6 is 0 Å². The number of hydrogen-bond acceptors (Lipinski definition) is 7. The molecular formula is C20H28O7. The first-order valence-corrected chi connectivity index (χ1v) is 9.51. The Kier molecular flexibility index (Phi) is 6.70. The smallest absolute Gasteiger partial charge is 0.334 e. The zero-order valence-corrected chi connectivity index (χ0v) is 15.6. The van der Waals surface area contributed by atoms with Gasteiger partial charge in [0.2, 0.25) is 0 Å². The predicted octanol–water partition coefficient (Wildman–Crippen LogP) is 2.78. The summed E-state index contributed by atoms with van der Waals surface area (Å²) >= 11 is 0. The van der Waals surface area contributed by atoms with Crippen LogP contribution in [-0.2, 0) is 28.5 Å². The average Bonchev–Trinajstić information content (AvgIpc) is 3.30. The molecule has 0 aromatic heterocycles. The van der Waals surface area contributed by atoms with Gasteiger partial charge in [-0.1, -0.05) is 18.7 Å². The monoisotopic (exact) mass is 380 g/mol. The molecule has 1 aliphatic carbocycles. The van der Waals surface area contributed by atoms with E-state index in [1.165, 1.54) is 12.2 Å². The second-order valence-electron chi connectivity index (χ2n) is 6.89. The Morgan fingerprint density at radius 3 is 2.26 bits per heavy atom. The van der Waals surface area contributed by atoms with E-state index in [0.29, 0.717) is 32.8 Å². The molecule has 3 rings (SSSR count). The van der Waals surface area contributed by atoms with Gasteiger partial charge in [-0.15, -0.1) is 0 Å². The van der Waals surface area contributed by atoms with Gasteiger partial charge in [-0.2, -0.15) is 0 Å². The van der Waals surface area contributed by atoms with Gasteiger partial charge in [0, 0.05) is 12.8 Å². The van der Waals surface area contributed by atoms with Crippen LogP contribution in [0.2, 0.25) is 0 Å². The van der Waals surface area contributed by atoms with Gasteiger partial charge >= 0.3 is 5.97 Å². The van der Waals surface area contributed by atoms with Crippen molar-refractivity contribution in [3.05, 3.63) is 36.6 Å². The molecule has 0 unspecified atom stereocenters. The van der Waals surface area contributed by atoms with E-state index in [0.717, 1.165) is 31.8 Å². The van der Waals surface area contributed by atoms with Crippen molar-refractivity contribution in [2.45, 2.75) is 43.7 Å². The molecule has 2 spiro atoms. The minimum absolute atomic E-state index is 0.0444. The van der Waals surface area contributed by atoms with Crippen molar-refractivity contribution >= 4 is 5.97 Å². The molecule has 150 valence electrons. The molecule has 1 N–H and O–H groups in total. The second kappa shape index (κ2) is 9.01. The zero-order chi connectivity index (χ0) is 19.2. The Morgan fingerprint density at radius 2 is 1.70 bits per heavy atom. The van der Waals surface area contributed by atoms with E-state index in [4.69, 9.17) is 23.7 Å². The molecule has 0 atom stereocenters. The highest BCUT2D eigenvalue weighted by Gasteiger charge is 2.59. The number of allylic oxidation sites excluding steroid dienone is 2. The zero-order valence-electron chi connectivity index (χ0n) is 15.6. The normalized spacial score (nSPS) is 24.8. The Bertz CT molecular complexity index is 559. The van der Waals surface area contributed by atoms with Crippen molar-refractivity contribution in [2.24, 2.45) is 5.92 Å². The topological polar surface area (TPSA) is 83.5 Å². The fraction of sp³-hybridized carbons (Fsp3) is 0.650. The Morgan fingerprint density at radius 1 is 1.11 bits per heavy atom. The molecule has 3 fully saturated rings. The first-order valence-electron chi connectivity index (χ1n) is 9.51. The van der Waals surface area contributed by atoms with E-state index in [1.54, 1.807) is 0 Å². The Labute approximate surface area is 159 Å². The molecule has 27 heavy (non-hydrogen) atoms. The van der Waals surface area contributed by atoms with Crippen LogP contribution in [0.25, 0.3) is 0 Å². The molecule has 7 heteroatoms. The summed E-state index contributed by atoms with van der Waals surface area (Å²) in [6, 6.07) is 0. The van der Waals surface area contributed by atoms with Gasteiger partial charge in [0.15, 0.2) is 11.6 Å². The van der Waals surface area contributed by atoms with Crippen LogP contribution in [0.5, 0.6) is 0 Å². The van der Waals surface area contributed by atoms with Crippen LogP contribution in [0, 0.1) is 5.92 Å². The van der Waals surface area contributed by atoms with Crippen molar-refractivity contribution in [3.8, 4) is 0 Å².